The summed E-state index contributed by atoms with van der Waals surface area (Å²) < 4.78 is 18.4. The van der Waals surface area contributed by atoms with Crippen LogP contribution in [0.15, 0.2) is 45.7 Å². The van der Waals surface area contributed by atoms with Crippen LogP contribution in [0.3, 0.4) is 0 Å². The lowest BCUT2D eigenvalue weighted by molar-refractivity contribution is -0.123. The van der Waals surface area contributed by atoms with Crippen molar-refractivity contribution >= 4 is 55.2 Å². The lowest BCUT2D eigenvalue weighted by atomic mass is 10.1. The zero-order valence-corrected chi connectivity index (χ0v) is 18.3. The molecule has 1 aromatic carbocycles. The van der Waals surface area contributed by atoms with Gasteiger partial charge >= 0.3 is 0 Å². The molecular formula is C17H15Br2ClFN5O. The lowest BCUT2D eigenvalue weighted by Gasteiger charge is -2.23. The summed E-state index contributed by atoms with van der Waals surface area (Å²) in [4.78, 5) is 12.7. The monoisotopic (exact) mass is 517 g/mol. The lowest BCUT2D eigenvalue weighted by Crippen LogP contribution is -2.40. The Kier molecular flexibility index (Phi) is 5.73. The van der Waals surface area contributed by atoms with Crippen molar-refractivity contribution in [2.24, 2.45) is 0 Å². The number of nitrogens with one attached hydrogen (secondary N) is 1. The first-order chi connectivity index (χ1) is 12.7. The molecular weight excluding hydrogens is 504 g/mol. The number of carbonyl (C=O) groups excluding carboxylic acids is 1. The molecule has 1 amide bonds. The van der Waals surface area contributed by atoms with Gasteiger partial charge in [0, 0.05) is 23.0 Å². The zero-order chi connectivity index (χ0) is 19.8. The first-order valence-corrected chi connectivity index (χ1v) is 9.83. The Balaban J connectivity index is 1.80. The summed E-state index contributed by atoms with van der Waals surface area (Å²) in [6, 6.07) is 4.50. The molecule has 10 heteroatoms. The normalized spacial score (nSPS) is 11.6. The average molecular weight is 520 g/mol. The van der Waals surface area contributed by atoms with Gasteiger partial charge in [-0.05, 0) is 57.8 Å². The third-order valence-electron chi connectivity index (χ3n) is 4.01. The van der Waals surface area contributed by atoms with Crippen molar-refractivity contribution in [3.8, 4) is 0 Å². The molecule has 0 saturated carbocycles. The smallest absolute Gasteiger partial charge is 0.253 e. The highest BCUT2D eigenvalue weighted by Gasteiger charge is 2.31. The number of aromatic nitrogens is 4. The molecule has 0 saturated heterocycles. The van der Waals surface area contributed by atoms with E-state index < -0.39 is 11.4 Å². The molecule has 3 aromatic rings. The predicted molar refractivity (Wildman–Crippen MR) is 108 cm³/mol. The van der Waals surface area contributed by atoms with Crippen LogP contribution in [0, 0.1) is 5.82 Å². The fourth-order valence-electron chi connectivity index (χ4n) is 2.38. The van der Waals surface area contributed by atoms with Crippen molar-refractivity contribution in [1.29, 1.82) is 0 Å². The maximum absolute atomic E-state index is 14.0. The number of nitrogens with zero attached hydrogens (tertiary/aromatic N) is 4. The number of hydrogen-bond donors (Lipinski definition) is 1. The average Bonchev–Trinajstić information content (AvgIpc) is 3.18. The van der Waals surface area contributed by atoms with Crippen LogP contribution >= 0.6 is 43.5 Å². The van der Waals surface area contributed by atoms with Crippen molar-refractivity contribution in [3.63, 3.8) is 0 Å². The summed E-state index contributed by atoms with van der Waals surface area (Å²) in [7, 11) is 0. The van der Waals surface area contributed by atoms with Crippen molar-refractivity contribution in [2.45, 2.75) is 25.9 Å². The topological polar surface area (TPSA) is 64.7 Å². The summed E-state index contributed by atoms with van der Waals surface area (Å²) in [5, 5.41) is 11.6. The quantitative estimate of drug-likeness (QED) is 0.526. The van der Waals surface area contributed by atoms with E-state index in [9.17, 15) is 9.18 Å². The molecule has 0 radical (unpaired) electrons. The van der Waals surface area contributed by atoms with Crippen LogP contribution in [0.5, 0.6) is 0 Å². The van der Waals surface area contributed by atoms with Gasteiger partial charge in [-0.3, -0.25) is 14.2 Å². The van der Waals surface area contributed by atoms with E-state index in [1.54, 1.807) is 49.3 Å². The van der Waals surface area contributed by atoms with Gasteiger partial charge < -0.3 is 5.32 Å². The second-order valence-corrected chi connectivity index (χ2v) is 8.52. The molecule has 0 fully saturated rings. The highest BCUT2D eigenvalue weighted by Crippen LogP contribution is 2.26. The van der Waals surface area contributed by atoms with Crippen LogP contribution in [-0.2, 0) is 16.9 Å². The van der Waals surface area contributed by atoms with Gasteiger partial charge in [0.25, 0.3) is 5.91 Å². The van der Waals surface area contributed by atoms with Crippen molar-refractivity contribution in [2.75, 3.05) is 5.32 Å². The van der Waals surface area contributed by atoms with Crippen LogP contribution in [0.25, 0.3) is 0 Å². The van der Waals surface area contributed by atoms with E-state index in [0.717, 1.165) is 4.47 Å². The van der Waals surface area contributed by atoms with Crippen molar-refractivity contribution < 1.29 is 9.18 Å². The van der Waals surface area contributed by atoms with E-state index in [2.05, 4.69) is 47.4 Å². The minimum atomic E-state index is -0.940. The Labute approximate surface area is 177 Å². The molecule has 0 bridgehead atoms. The number of amides is 1. The zero-order valence-electron chi connectivity index (χ0n) is 14.4. The second kappa shape index (κ2) is 7.73. The molecule has 6 nitrogen and oxygen atoms in total. The fourth-order valence-corrected chi connectivity index (χ4v) is 3.30. The van der Waals surface area contributed by atoms with Gasteiger partial charge in [0.05, 0.1) is 21.7 Å². The van der Waals surface area contributed by atoms with Crippen LogP contribution in [0.4, 0.5) is 10.2 Å². The van der Waals surface area contributed by atoms with Crippen molar-refractivity contribution in [3.05, 3.63) is 62.1 Å². The van der Waals surface area contributed by atoms with Crippen molar-refractivity contribution in [1.82, 2.24) is 19.6 Å². The summed E-state index contributed by atoms with van der Waals surface area (Å²) in [6.07, 6.45) is 4.97. The molecule has 0 aliphatic rings. The first kappa shape index (κ1) is 20.0. The number of carbonyl (C=O) groups is 1. The maximum Gasteiger partial charge on any atom is 0.253 e. The van der Waals surface area contributed by atoms with Gasteiger partial charge in [0.1, 0.15) is 11.4 Å². The first-order valence-electron chi connectivity index (χ1n) is 7.86. The Morgan fingerprint density at radius 3 is 2.70 bits per heavy atom. The number of halogens is 4. The summed E-state index contributed by atoms with van der Waals surface area (Å²) in [6.45, 7) is 3.62. The van der Waals surface area contributed by atoms with Gasteiger partial charge in [-0.15, -0.1) is 0 Å². The number of benzene rings is 1. The maximum atomic E-state index is 14.0. The standard InChI is InChI=1S/C17H15Br2ClFN5O/c1-17(2,26-7-10(18)6-22-26)16(27)23-15-12(19)9-25(24-15)8-11-13(20)4-3-5-14(11)21/h3-7,9H,8H2,1-2H3,(H,23,24,27). The van der Waals surface area contributed by atoms with E-state index in [1.165, 1.54) is 10.7 Å². The van der Waals surface area contributed by atoms with E-state index in [-0.39, 0.29) is 12.5 Å². The Bertz CT molecular complexity index is 981. The summed E-state index contributed by atoms with van der Waals surface area (Å²) >= 11 is 12.8. The molecule has 0 atom stereocenters. The third kappa shape index (κ3) is 4.25. The second-order valence-electron chi connectivity index (χ2n) is 6.34. The number of rotatable bonds is 5. The Morgan fingerprint density at radius 1 is 1.33 bits per heavy atom. The molecule has 3 rings (SSSR count). The summed E-state index contributed by atoms with van der Waals surface area (Å²) in [5.41, 5.74) is -0.613. The van der Waals surface area contributed by atoms with Gasteiger partial charge in [-0.25, -0.2) is 4.39 Å². The SMILES string of the molecule is CC(C)(C(=O)Nc1nn(Cc2c(F)cccc2Cl)cc1Br)n1cc(Br)cn1. The molecule has 0 unspecified atom stereocenters. The fraction of sp³-hybridized carbons (Fsp3) is 0.235. The third-order valence-corrected chi connectivity index (χ3v) is 5.35. The van der Waals surface area contributed by atoms with E-state index in [1.807, 2.05) is 0 Å². The van der Waals surface area contributed by atoms with Gasteiger partial charge in [-0.2, -0.15) is 10.2 Å². The molecule has 0 spiro atoms. The Hall–Kier alpha value is -1.71. The van der Waals surface area contributed by atoms with Crippen LogP contribution < -0.4 is 5.32 Å². The molecule has 1 N–H and O–H groups in total. The van der Waals surface area contributed by atoms with E-state index in [0.29, 0.717) is 20.9 Å². The molecule has 2 heterocycles. The van der Waals surface area contributed by atoms with E-state index >= 15 is 0 Å². The number of hydrogen-bond acceptors (Lipinski definition) is 3. The van der Waals surface area contributed by atoms with Gasteiger partial charge in [0.15, 0.2) is 5.82 Å². The molecule has 0 aliphatic carbocycles. The minimum absolute atomic E-state index is 0.134. The molecule has 27 heavy (non-hydrogen) atoms. The van der Waals surface area contributed by atoms with Gasteiger partial charge in [-0.1, -0.05) is 17.7 Å². The highest BCUT2D eigenvalue weighted by molar-refractivity contribution is 9.10. The van der Waals surface area contributed by atoms with Gasteiger partial charge in [0.2, 0.25) is 0 Å². The van der Waals surface area contributed by atoms with Crippen LogP contribution in [-0.4, -0.2) is 25.5 Å². The van der Waals surface area contributed by atoms with Crippen LogP contribution in [0.1, 0.15) is 19.4 Å². The largest absolute Gasteiger partial charge is 0.306 e. The van der Waals surface area contributed by atoms with E-state index in [4.69, 9.17) is 11.6 Å². The predicted octanol–water partition coefficient (Wildman–Crippen LogP) is 4.82. The molecule has 0 aliphatic heterocycles. The molecule has 142 valence electrons. The molecule has 2 aromatic heterocycles. The Morgan fingerprint density at radius 2 is 2.07 bits per heavy atom. The summed E-state index contributed by atoms with van der Waals surface area (Å²) in [5.74, 6) is -0.384. The minimum Gasteiger partial charge on any atom is -0.306 e. The number of anilines is 1. The highest BCUT2D eigenvalue weighted by atomic mass is 79.9. The van der Waals surface area contributed by atoms with Crippen LogP contribution in [0.2, 0.25) is 5.02 Å².